The van der Waals surface area contributed by atoms with Crippen LogP contribution < -0.4 is 0 Å². The Morgan fingerprint density at radius 3 is 3.18 bits per heavy atom. The molecule has 1 unspecified atom stereocenters. The molecule has 0 aliphatic carbocycles. The zero-order valence-corrected chi connectivity index (χ0v) is 6.82. The van der Waals surface area contributed by atoms with E-state index in [1.807, 2.05) is 4.90 Å². The van der Waals surface area contributed by atoms with Crippen LogP contribution in [-0.4, -0.2) is 35.2 Å². The van der Waals surface area contributed by atoms with Gasteiger partial charge in [-0.05, 0) is 6.92 Å². The van der Waals surface area contributed by atoms with Gasteiger partial charge in [0, 0.05) is 13.0 Å². The number of hydrogen-bond acceptors (Lipinski definition) is 3. The molecule has 0 bridgehead atoms. The standard InChI is InChI=1S/C8H14N2O/c1-3-4-8-9-5-6-10(8)7(2)11/h3,7,11H,1,4-6H2,2H3. The van der Waals surface area contributed by atoms with Gasteiger partial charge in [-0.25, -0.2) is 0 Å². The van der Waals surface area contributed by atoms with E-state index < -0.39 is 6.23 Å². The minimum absolute atomic E-state index is 0.420. The molecule has 1 N–H and O–H groups in total. The van der Waals surface area contributed by atoms with E-state index in [1.165, 1.54) is 0 Å². The normalized spacial score (nSPS) is 19.8. The lowest BCUT2D eigenvalue weighted by molar-refractivity contribution is 0.0772. The predicted molar refractivity (Wildman–Crippen MR) is 45.5 cm³/mol. The molecule has 3 heteroatoms. The number of aliphatic hydroxyl groups is 1. The van der Waals surface area contributed by atoms with Gasteiger partial charge in [0.1, 0.15) is 12.1 Å². The second-order valence-corrected chi connectivity index (χ2v) is 2.62. The number of rotatable bonds is 3. The summed E-state index contributed by atoms with van der Waals surface area (Å²) in [5.74, 6) is 0.954. The fraction of sp³-hybridized carbons (Fsp3) is 0.625. The molecular weight excluding hydrogens is 140 g/mol. The van der Waals surface area contributed by atoms with Gasteiger partial charge in [0.05, 0.1) is 6.54 Å². The van der Waals surface area contributed by atoms with Crippen LogP contribution in [0.25, 0.3) is 0 Å². The van der Waals surface area contributed by atoms with E-state index in [4.69, 9.17) is 0 Å². The summed E-state index contributed by atoms with van der Waals surface area (Å²) < 4.78 is 0. The van der Waals surface area contributed by atoms with Crippen LogP contribution in [0.4, 0.5) is 0 Å². The lowest BCUT2D eigenvalue weighted by atomic mass is 10.3. The van der Waals surface area contributed by atoms with Crippen molar-refractivity contribution in [1.82, 2.24) is 4.90 Å². The first-order chi connectivity index (χ1) is 5.25. The van der Waals surface area contributed by atoms with Crippen molar-refractivity contribution in [3.05, 3.63) is 12.7 Å². The maximum absolute atomic E-state index is 9.26. The highest BCUT2D eigenvalue weighted by Crippen LogP contribution is 2.07. The predicted octanol–water partition coefficient (Wildman–Crippen LogP) is 0.615. The lowest BCUT2D eigenvalue weighted by Gasteiger charge is -2.22. The van der Waals surface area contributed by atoms with Crippen molar-refractivity contribution in [3.63, 3.8) is 0 Å². The molecule has 62 valence electrons. The van der Waals surface area contributed by atoms with Gasteiger partial charge in [-0.2, -0.15) is 0 Å². The third-order valence-corrected chi connectivity index (χ3v) is 1.74. The van der Waals surface area contributed by atoms with Crippen LogP contribution in [0.15, 0.2) is 17.6 Å². The molecule has 0 aromatic carbocycles. The summed E-state index contributed by atoms with van der Waals surface area (Å²) in [5, 5.41) is 9.26. The summed E-state index contributed by atoms with van der Waals surface area (Å²) in [7, 11) is 0. The van der Waals surface area contributed by atoms with Crippen molar-refractivity contribution in [2.24, 2.45) is 4.99 Å². The molecule has 0 spiro atoms. The van der Waals surface area contributed by atoms with E-state index in [2.05, 4.69) is 11.6 Å². The summed E-state index contributed by atoms with van der Waals surface area (Å²) in [6.45, 7) is 7.02. The molecule has 3 nitrogen and oxygen atoms in total. The third-order valence-electron chi connectivity index (χ3n) is 1.74. The highest BCUT2D eigenvalue weighted by atomic mass is 16.3. The number of amidine groups is 1. The van der Waals surface area contributed by atoms with Crippen LogP contribution in [0.1, 0.15) is 13.3 Å². The Balaban J connectivity index is 2.55. The van der Waals surface area contributed by atoms with E-state index in [-0.39, 0.29) is 0 Å². The number of nitrogens with zero attached hydrogens (tertiary/aromatic N) is 2. The Bertz CT molecular complexity index is 175. The highest BCUT2D eigenvalue weighted by molar-refractivity contribution is 5.85. The summed E-state index contributed by atoms with van der Waals surface area (Å²) in [6, 6.07) is 0. The van der Waals surface area contributed by atoms with E-state index in [0.717, 1.165) is 25.3 Å². The van der Waals surface area contributed by atoms with Gasteiger partial charge in [0.25, 0.3) is 0 Å². The van der Waals surface area contributed by atoms with Gasteiger partial charge in [0.2, 0.25) is 0 Å². The summed E-state index contributed by atoms with van der Waals surface area (Å²) in [5.41, 5.74) is 0. The first-order valence-corrected chi connectivity index (χ1v) is 3.84. The van der Waals surface area contributed by atoms with Crippen molar-refractivity contribution in [2.75, 3.05) is 13.1 Å². The van der Waals surface area contributed by atoms with Crippen LogP contribution in [0, 0.1) is 0 Å². The Hall–Kier alpha value is -0.830. The molecule has 1 atom stereocenters. The first kappa shape index (κ1) is 8.27. The van der Waals surface area contributed by atoms with E-state index >= 15 is 0 Å². The fourth-order valence-electron chi connectivity index (χ4n) is 1.22. The van der Waals surface area contributed by atoms with Gasteiger partial charge >= 0.3 is 0 Å². The van der Waals surface area contributed by atoms with Gasteiger partial charge in [-0.3, -0.25) is 4.99 Å². The Kier molecular flexibility index (Phi) is 2.65. The highest BCUT2D eigenvalue weighted by Gasteiger charge is 2.18. The number of aliphatic hydroxyl groups excluding tert-OH is 1. The molecule has 0 saturated heterocycles. The molecule has 1 aliphatic heterocycles. The second kappa shape index (κ2) is 3.53. The Labute approximate surface area is 67.0 Å². The molecule has 11 heavy (non-hydrogen) atoms. The second-order valence-electron chi connectivity index (χ2n) is 2.62. The van der Waals surface area contributed by atoms with E-state index in [9.17, 15) is 5.11 Å². The van der Waals surface area contributed by atoms with Gasteiger partial charge in [-0.15, -0.1) is 6.58 Å². The molecular formula is C8H14N2O. The summed E-state index contributed by atoms with van der Waals surface area (Å²) in [4.78, 5) is 6.13. The molecule has 0 aromatic rings. The lowest BCUT2D eigenvalue weighted by Crippen LogP contribution is -2.35. The first-order valence-electron chi connectivity index (χ1n) is 3.84. The molecule has 0 amide bonds. The van der Waals surface area contributed by atoms with E-state index in [0.29, 0.717) is 0 Å². The van der Waals surface area contributed by atoms with Crippen LogP contribution >= 0.6 is 0 Å². The maximum Gasteiger partial charge on any atom is 0.125 e. The zero-order valence-electron chi connectivity index (χ0n) is 6.82. The molecule has 0 saturated carbocycles. The van der Waals surface area contributed by atoms with E-state index in [1.54, 1.807) is 13.0 Å². The number of aliphatic imine (C=N–C) groups is 1. The molecule has 1 heterocycles. The Morgan fingerprint density at radius 2 is 2.64 bits per heavy atom. The minimum Gasteiger partial charge on any atom is -0.374 e. The SMILES string of the molecule is C=CCC1=NCCN1C(C)O. The van der Waals surface area contributed by atoms with Crippen LogP contribution in [0.5, 0.6) is 0 Å². The molecule has 0 aromatic heterocycles. The van der Waals surface area contributed by atoms with Crippen molar-refractivity contribution >= 4 is 5.84 Å². The van der Waals surface area contributed by atoms with Crippen LogP contribution in [-0.2, 0) is 0 Å². The van der Waals surface area contributed by atoms with Crippen molar-refractivity contribution in [2.45, 2.75) is 19.6 Å². The fourth-order valence-corrected chi connectivity index (χ4v) is 1.22. The smallest absolute Gasteiger partial charge is 0.125 e. The molecule has 0 fully saturated rings. The molecule has 1 rings (SSSR count). The zero-order chi connectivity index (χ0) is 8.27. The van der Waals surface area contributed by atoms with Crippen molar-refractivity contribution < 1.29 is 5.11 Å². The van der Waals surface area contributed by atoms with Crippen LogP contribution in [0.3, 0.4) is 0 Å². The topological polar surface area (TPSA) is 35.8 Å². The van der Waals surface area contributed by atoms with Gasteiger partial charge in [-0.1, -0.05) is 6.08 Å². The number of hydrogen-bond donors (Lipinski definition) is 1. The van der Waals surface area contributed by atoms with Crippen LogP contribution in [0.2, 0.25) is 0 Å². The Morgan fingerprint density at radius 1 is 1.91 bits per heavy atom. The maximum atomic E-state index is 9.26. The van der Waals surface area contributed by atoms with Gasteiger partial charge < -0.3 is 10.0 Å². The summed E-state index contributed by atoms with van der Waals surface area (Å²) in [6.07, 6.45) is 2.14. The van der Waals surface area contributed by atoms with Crippen molar-refractivity contribution in [1.29, 1.82) is 0 Å². The van der Waals surface area contributed by atoms with Gasteiger partial charge in [0.15, 0.2) is 0 Å². The third kappa shape index (κ3) is 1.80. The molecule has 1 aliphatic rings. The largest absolute Gasteiger partial charge is 0.374 e. The average molecular weight is 154 g/mol. The summed E-state index contributed by atoms with van der Waals surface area (Å²) >= 11 is 0. The minimum atomic E-state index is -0.420. The molecule has 0 radical (unpaired) electrons. The van der Waals surface area contributed by atoms with Crippen molar-refractivity contribution in [3.8, 4) is 0 Å². The quantitative estimate of drug-likeness (QED) is 0.605. The monoisotopic (exact) mass is 154 g/mol. The average Bonchev–Trinajstić information content (AvgIpc) is 2.36.